The Morgan fingerprint density at radius 1 is 1.00 bits per heavy atom. The summed E-state index contributed by atoms with van der Waals surface area (Å²) in [6, 6.07) is 14.5. The Bertz CT molecular complexity index is 1050. The van der Waals surface area contributed by atoms with Crippen molar-refractivity contribution in [3.63, 3.8) is 0 Å². The lowest BCUT2D eigenvalue weighted by Crippen LogP contribution is -2.32. The van der Waals surface area contributed by atoms with E-state index in [2.05, 4.69) is 14.7 Å². The number of H-pyrrole nitrogens is 2. The number of benzene rings is 2. The summed E-state index contributed by atoms with van der Waals surface area (Å²) < 4.78 is 27.9. The summed E-state index contributed by atoms with van der Waals surface area (Å²) >= 11 is 0. The van der Waals surface area contributed by atoms with Crippen molar-refractivity contribution >= 4 is 21.1 Å². The molecule has 2 aromatic carbocycles. The van der Waals surface area contributed by atoms with Gasteiger partial charge in [-0.2, -0.15) is 0 Å². The van der Waals surface area contributed by atoms with E-state index in [0.717, 1.165) is 18.4 Å². The van der Waals surface area contributed by atoms with E-state index in [1.807, 2.05) is 30.3 Å². The highest BCUT2D eigenvalue weighted by molar-refractivity contribution is 7.89. The molecule has 0 atom stereocenters. The fraction of sp³-hybridized carbons (Fsp3) is 0.235. The monoisotopic (exact) mass is 343 g/mol. The van der Waals surface area contributed by atoms with Crippen molar-refractivity contribution in [2.45, 2.75) is 23.2 Å². The molecule has 4 rings (SSSR count). The van der Waals surface area contributed by atoms with Crippen molar-refractivity contribution in [2.75, 3.05) is 6.54 Å². The Morgan fingerprint density at radius 3 is 2.42 bits per heavy atom. The molecular weight excluding hydrogens is 326 g/mol. The van der Waals surface area contributed by atoms with E-state index in [0.29, 0.717) is 17.6 Å². The van der Waals surface area contributed by atoms with Crippen molar-refractivity contribution in [1.82, 2.24) is 14.7 Å². The summed E-state index contributed by atoms with van der Waals surface area (Å²) in [5.74, 6) is 0. The molecule has 0 spiro atoms. The fourth-order valence-electron chi connectivity index (χ4n) is 3.01. The van der Waals surface area contributed by atoms with Gasteiger partial charge >= 0.3 is 5.69 Å². The quantitative estimate of drug-likeness (QED) is 0.660. The topological polar surface area (TPSA) is 94.8 Å². The molecule has 3 N–H and O–H groups in total. The first-order valence-corrected chi connectivity index (χ1v) is 9.24. The second-order valence-corrected chi connectivity index (χ2v) is 8.02. The molecule has 1 aliphatic carbocycles. The molecule has 0 saturated heterocycles. The molecule has 0 radical (unpaired) electrons. The lowest BCUT2D eigenvalue weighted by molar-refractivity contribution is 0.567. The van der Waals surface area contributed by atoms with Crippen molar-refractivity contribution in [3.05, 3.63) is 64.6 Å². The van der Waals surface area contributed by atoms with Gasteiger partial charge in [0.05, 0.1) is 15.9 Å². The van der Waals surface area contributed by atoms with Gasteiger partial charge in [0.2, 0.25) is 10.0 Å². The molecule has 3 aromatic rings. The average Bonchev–Trinajstić information content (AvgIpc) is 3.28. The smallest absolute Gasteiger partial charge is 0.306 e. The van der Waals surface area contributed by atoms with E-state index in [9.17, 15) is 13.2 Å². The van der Waals surface area contributed by atoms with Crippen LogP contribution >= 0.6 is 0 Å². The molecule has 1 aromatic heterocycles. The molecule has 124 valence electrons. The van der Waals surface area contributed by atoms with E-state index >= 15 is 0 Å². The second kappa shape index (κ2) is 5.32. The Labute approximate surface area is 139 Å². The van der Waals surface area contributed by atoms with Gasteiger partial charge in [-0.25, -0.2) is 17.9 Å². The fourth-order valence-corrected chi connectivity index (χ4v) is 4.16. The largest absolute Gasteiger partial charge is 0.323 e. The predicted octanol–water partition coefficient (Wildman–Crippen LogP) is 1.87. The van der Waals surface area contributed by atoms with E-state index in [1.54, 1.807) is 6.07 Å². The first kappa shape index (κ1) is 15.2. The maximum absolute atomic E-state index is 12.6. The van der Waals surface area contributed by atoms with Gasteiger partial charge in [-0.3, -0.25) is 0 Å². The van der Waals surface area contributed by atoms with Crippen LogP contribution in [0, 0.1) is 0 Å². The number of fused-ring (bicyclic) bond motifs is 1. The first-order chi connectivity index (χ1) is 11.5. The molecule has 1 aliphatic rings. The highest BCUT2D eigenvalue weighted by atomic mass is 32.2. The molecule has 1 fully saturated rings. The van der Waals surface area contributed by atoms with E-state index < -0.39 is 10.0 Å². The van der Waals surface area contributed by atoms with Crippen molar-refractivity contribution in [1.29, 1.82) is 0 Å². The number of hydrogen-bond donors (Lipinski definition) is 3. The summed E-state index contributed by atoms with van der Waals surface area (Å²) in [5, 5.41) is 0. The zero-order valence-corrected chi connectivity index (χ0v) is 13.7. The second-order valence-electron chi connectivity index (χ2n) is 6.26. The van der Waals surface area contributed by atoms with Gasteiger partial charge < -0.3 is 9.97 Å². The molecule has 1 heterocycles. The minimum atomic E-state index is -3.63. The average molecular weight is 343 g/mol. The molecular formula is C17H17N3O3S. The standard InChI is InChI=1S/C17H17N3O3S/c21-16-19-14-7-6-13(10-15(14)20-16)24(22,23)18-11-17(8-9-17)12-4-2-1-3-5-12/h1-7,10,18H,8-9,11H2,(H2,19,20,21). The van der Waals surface area contributed by atoms with Crippen LogP contribution in [-0.4, -0.2) is 24.9 Å². The zero-order valence-electron chi connectivity index (χ0n) is 12.9. The minimum absolute atomic E-state index is 0.0964. The Balaban J connectivity index is 1.58. The number of aromatic amines is 2. The molecule has 24 heavy (non-hydrogen) atoms. The van der Waals surface area contributed by atoms with Crippen LogP contribution in [0.25, 0.3) is 11.0 Å². The van der Waals surface area contributed by atoms with Gasteiger partial charge in [-0.1, -0.05) is 30.3 Å². The molecule has 0 amide bonds. The lowest BCUT2D eigenvalue weighted by Gasteiger charge is -2.16. The van der Waals surface area contributed by atoms with Crippen molar-refractivity contribution < 1.29 is 8.42 Å². The number of sulfonamides is 1. The Hall–Kier alpha value is -2.38. The van der Waals surface area contributed by atoms with Gasteiger partial charge in [-0.15, -0.1) is 0 Å². The Kier molecular flexibility index (Phi) is 3.36. The summed E-state index contributed by atoms with van der Waals surface area (Å²) in [6.07, 6.45) is 1.95. The van der Waals surface area contributed by atoms with Gasteiger partial charge in [0.15, 0.2) is 0 Å². The van der Waals surface area contributed by atoms with Crippen LogP contribution in [0.3, 0.4) is 0 Å². The van der Waals surface area contributed by atoms with Gasteiger partial charge in [0.1, 0.15) is 0 Å². The first-order valence-electron chi connectivity index (χ1n) is 7.76. The maximum atomic E-state index is 12.6. The summed E-state index contributed by atoms with van der Waals surface area (Å²) in [4.78, 5) is 16.6. The van der Waals surface area contributed by atoms with Crippen LogP contribution in [-0.2, 0) is 15.4 Å². The number of imidazole rings is 1. The third-order valence-electron chi connectivity index (χ3n) is 4.64. The van der Waals surface area contributed by atoms with Crippen LogP contribution in [0.2, 0.25) is 0 Å². The SMILES string of the molecule is O=c1[nH]c2ccc(S(=O)(=O)NCC3(c4ccccc4)CC3)cc2[nH]1. The number of rotatable bonds is 5. The molecule has 0 aliphatic heterocycles. The lowest BCUT2D eigenvalue weighted by atomic mass is 9.96. The van der Waals surface area contributed by atoms with Crippen LogP contribution in [0.5, 0.6) is 0 Å². The third-order valence-corrected chi connectivity index (χ3v) is 6.04. The van der Waals surface area contributed by atoms with E-state index in [4.69, 9.17) is 0 Å². The van der Waals surface area contributed by atoms with Crippen molar-refractivity contribution in [2.24, 2.45) is 0 Å². The summed E-state index contributed by atoms with van der Waals surface area (Å²) in [7, 11) is -3.63. The number of aromatic nitrogens is 2. The predicted molar refractivity (Wildman–Crippen MR) is 91.5 cm³/mol. The molecule has 1 saturated carbocycles. The van der Waals surface area contributed by atoms with Crippen LogP contribution in [0.1, 0.15) is 18.4 Å². The molecule has 0 bridgehead atoms. The van der Waals surface area contributed by atoms with E-state index in [-0.39, 0.29) is 16.0 Å². The van der Waals surface area contributed by atoms with Gasteiger partial charge in [0, 0.05) is 12.0 Å². The van der Waals surface area contributed by atoms with Crippen LogP contribution in [0.15, 0.2) is 58.2 Å². The molecule has 7 heteroatoms. The number of hydrogen-bond acceptors (Lipinski definition) is 3. The van der Waals surface area contributed by atoms with Crippen molar-refractivity contribution in [3.8, 4) is 0 Å². The third kappa shape index (κ3) is 2.65. The summed E-state index contributed by atoms with van der Waals surface area (Å²) in [5.41, 5.74) is 1.78. The van der Waals surface area contributed by atoms with Gasteiger partial charge in [0.25, 0.3) is 0 Å². The van der Waals surface area contributed by atoms with E-state index in [1.165, 1.54) is 12.1 Å². The van der Waals surface area contributed by atoms with Gasteiger partial charge in [-0.05, 0) is 36.6 Å². The molecule has 6 nitrogen and oxygen atoms in total. The maximum Gasteiger partial charge on any atom is 0.323 e. The Morgan fingerprint density at radius 2 is 1.71 bits per heavy atom. The highest BCUT2D eigenvalue weighted by Crippen LogP contribution is 2.47. The van der Waals surface area contributed by atoms with Crippen LogP contribution < -0.4 is 10.4 Å². The zero-order chi connectivity index (χ0) is 16.8. The molecule has 0 unspecified atom stereocenters. The summed E-state index contributed by atoms with van der Waals surface area (Å²) in [6.45, 7) is 0.376. The normalized spacial score (nSPS) is 16.3. The minimum Gasteiger partial charge on any atom is -0.306 e. The number of nitrogens with one attached hydrogen (secondary N) is 3. The highest BCUT2D eigenvalue weighted by Gasteiger charge is 2.44. The van der Waals surface area contributed by atoms with Crippen LogP contribution in [0.4, 0.5) is 0 Å².